The molecule has 1 aliphatic rings. The number of piperidine rings is 1. The molecule has 0 unspecified atom stereocenters. The van der Waals surface area contributed by atoms with Gasteiger partial charge in [0.1, 0.15) is 6.04 Å². The number of nitrogens with one attached hydrogen (secondary N) is 1. The predicted molar refractivity (Wildman–Crippen MR) is 45.8 cm³/mol. The van der Waals surface area contributed by atoms with Crippen LogP contribution in [0.4, 0.5) is 0 Å². The van der Waals surface area contributed by atoms with Crippen LogP contribution in [0, 0.1) is 5.92 Å². The van der Waals surface area contributed by atoms with Crippen LogP contribution in [0.1, 0.15) is 19.3 Å². The molecule has 0 saturated carbocycles. The van der Waals surface area contributed by atoms with E-state index < -0.39 is 12.0 Å². The molecule has 0 spiro atoms. The summed E-state index contributed by atoms with van der Waals surface area (Å²) in [5, 5.41) is 7.06. The molecule has 1 rings (SSSR count). The van der Waals surface area contributed by atoms with Crippen LogP contribution >= 0.6 is 0 Å². The minimum absolute atomic E-state index is 0.496. The van der Waals surface area contributed by atoms with Gasteiger partial charge in [0.15, 0.2) is 0 Å². The topological polar surface area (TPSA) is 75.3 Å². The Morgan fingerprint density at radius 1 is 1.75 bits per heavy atom. The molecule has 1 fully saturated rings. The Bertz CT molecular complexity index is 172. The van der Waals surface area contributed by atoms with E-state index in [2.05, 4.69) is 10.4 Å². The smallest absolute Gasteiger partial charge is 0.320 e. The van der Waals surface area contributed by atoms with E-state index in [1.54, 1.807) is 0 Å². The first-order chi connectivity index (χ1) is 6.24. The van der Waals surface area contributed by atoms with Gasteiger partial charge in [-0.1, -0.05) is 0 Å². The van der Waals surface area contributed by atoms with E-state index >= 15 is 0 Å². The van der Waals surface area contributed by atoms with Crippen LogP contribution in [0.5, 0.6) is 0 Å². The number of nitrogens with two attached hydrogens (primary N) is 1. The van der Waals surface area contributed by atoms with Crippen LogP contribution in [-0.4, -0.2) is 30.2 Å². The third kappa shape index (κ3) is 2.79. The van der Waals surface area contributed by atoms with Gasteiger partial charge in [-0.25, -0.2) is 0 Å². The van der Waals surface area contributed by atoms with Crippen LogP contribution in [0.2, 0.25) is 0 Å². The maximum atomic E-state index is 10.8. The van der Waals surface area contributed by atoms with Crippen molar-refractivity contribution in [2.24, 2.45) is 11.7 Å². The van der Waals surface area contributed by atoms with Gasteiger partial charge in [0.2, 0.25) is 0 Å². The summed E-state index contributed by atoms with van der Waals surface area (Å²) < 4.78 is 6.41. The Kier molecular flexibility index (Phi) is 2.95. The minimum atomic E-state index is -0.626. The normalized spacial score (nSPS) is 22.9. The number of rotatable bonds is 3. The average Bonchev–Trinajstić information content (AvgIpc) is 2.18. The molecular weight excluding hydrogens is 156 g/mol. The molecule has 4 heteroatoms. The Morgan fingerprint density at radius 2 is 2.42 bits per heavy atom. The highest BCUT2D eigenvalue weighted by Crippen LogP contribution is 2.16. The van der Waals surface area contributed by atoms with Crippen molar-refractivity contribution in [3.63, 3.8) is 0 Å². The average molecular weight is 173 g/mol. The van der Waals surface area contributed by atoms with Crippen molar-refractivity contribution in [1.29, 1.82) is 1.43 Å². The SMILES string of the molecule is [2H]OC(=O)[C@@H](N)CC1CCNCC1. The number of carboxylic acid groups (broad SMARTS) is 1. The lowest BCUT2D eigenvalue weighted by Gasteiger charge is -2.23. The van der Waals surface area contributed by atoms with Gasteiger partial charge < -0.3 is 16.2 Å². The van der Waals surface area contributed by atoms with Crippen molar-refractivity contribution in [2.75, 3.05) is 13.1 Å². The van der Waals surface area contributed by atoms with Crippen LogP contribution in [0.3, 0.4) is 0 Å². The number of carbonyl (C=O) groups is 1. The van der Waals surface area contributed by atoms with E-state index in [1.807, 2.05) is 0 Å². The lowest BCUT2D eigenvalue weighted by molar-refractivity contribution is -0.139. The Morgan fingerprint density at radius 3 is 3.00 bits per heavy atom. The molecule has 12 heavy (non-hydrogen) atoms. The van der Waals surface area contributed by atoms with Crippen molar-refractivity contribution in [3.8, 4) is 0 Å². The highest BCUT2D eigenvalue weighted by atomic mass is 16.4. The van der Waals surface area contributed by atoms with Gasteiger partial charge >= 0.3 is 5.97 Å². The van der Waals surface area contributed by atoms with Gasteiger partial charge in [-0.15, -0.1) is 0 Å². The molecular formula is C8H16N2O2. The number of hydrogen-bond donors (Lipinski definition) is 3. The largest absolute Gasteiger partial charge is 0.480 e. The second kappa shape index (κ2) is 4.42. The summed E-state index contributed by atoms with van der Waals surface area (Å²) in [6.07, 6.45) is 2.75. The van der Waals surface area contributed by atoms with E-state index in [0.717, 1.165) is 25.9 Å². The monoisotopic (exact) mass is 173 g/mol. The Balaban J connectivity index is 2.25. The Labute approximate surface area is 73.6 Å². The fraction of sp³-hybridized carbons (Fsp3) is 0.875. The van der Waals surface area contributed by atoms with E-state index in [1.165, 1.54) is 0 Å². The maximum absolute atomic E-state index is 10.8. The summed E-state index contributed by atoms with van der Waals surface area (Å²) in [5.41, 5.74) is 5.54. The molecule has 0 aromatic rings. The van der Waals surface area contributed by atoms with Crippen LogP contribution in [0.25, 0.3) is 1.43 Å². The molecule has 0 aliphatic carbocycles. The summed E-state index contributed by atoms with van der Waals surface area (Å²) in [4.78, 5) is 10.8. The summed E-state index contributed by atoms with van der Waals surface area (Å²) in [6, 6.07) is -0.624. The van der Waals surface area contributed by atoms with Crippen molar-refractivity contribution < 1.29 is 9.90 Å². The zero-order chi connectivity index (χ0) is 9.68. The summed E-state index contributed by atoms with van der Waals surface area (Å²) >= 11 is 0. The first kappa shape index (κ1) is 8.01. The summed E-state index contributed by atoms with van der Waals surface area (Å²) in [7, 11) is 0. The summed E-state index contributed by atoms with van der Waals surface area (Å²) in [6.45, 7) is 1.99. The van der Waals surface area contributed by atoms with Gasteiger partial charge in [0.05, 0.1) is 0 Å². The third-order valence-electron chi connectivity index (χ3n) is 2.35. The van der Waals surface area contributed by atoms with Crippen LogP contribution in [0.15, 0.2) is 0 Å². The second-order valence-electron chi connectivity index (χ2n) is 3.35. The molecule has 0 aromatic heterocycles. The fourth-order valence-electron chi connectivity index (χ4n) is 1.57. The standard InChI is InChI=1S/C8H16N2O2/c9-7(8(11)12)5-6-1-3-10-4-2-6/h6-7,10H,1-5,9H2,(H,11,12)/t7-/m0/s1/i/hD. The highest BCUT2D eigenvalue weighted by molar-refractivity contribution is 5.73. The van der Waals surface area contributed by atoms with Gasteiger partial charge in [-0.05, 0) is 38.3 Å². The van der Waals surface area contributed by atoms with E-state index in [0.29, 0.717) is 12.3 Å². The van der Waals surface area contributed by atoms with Gasteiger partial charge in [-0.2, -0.15) is 0 Å². The van der Waals surface area contributed by atoms with Crippen molar-refractivity contribution in [3.05, 3.63) is 0 Å². The third-order valence-corrected chi connectivity index (χ3v) is 2.35. The predicted octanol–water partition coefficient (Wildman–Crippen LogP) is -0.212. The zero-order valence-corrected chi connectivity index (χ0v) is 7.08. The van der Waals surface area contributed by atoms with Crippen molar-refractivity contribution in [1.82, 2.24) is 5.32 Å². The summed E-state index contributed by atoms with van der Waals surface area (Å²) in [5.74, 6) is -0.131. The van der Waals surface area contributed by atoms with E-state index in [-0.39, 0.29) is 0 Å². The quantitative estimate of drug-likeness (QED) is 0.552. The van der Waals surface area contributed by atoms with E-state index in [9.17, 15) is 4.79 Å². The molecule has 0 bridgehead atoms. The van der Waals surface area contributed by atoms with Crippen LogP contribution in [-0.2, 0) is 4.79 Å². The van der Waals surface area contributed by atoms with E-state index in [4.69, 9.17) is 7.16 Å². The van der Waals surface area contributed by atoms with Gasteiger partial charge in [0, 0.05) is 0 Å². The Hall–Kier alpha value is -0.610. The molecule has 70 valence electrons. The molecule has 1 atom stereocenters. The van der Waals surface area contributed by atoms with Gasteiger partial charge in [0.25, 0.3) is 1.43 Å². The molecule has 1 heterocycles. The maximum Gasteiger partial charge on any atom is 0.320 e. The number of carboxylic acids is 1. The molecule has 1 aliphatic heterocycles. The molecule has 0 aromatic carbocycles. The second-order valence-corrected chi connectivity index (χ2v) is 3.35. The fourth-order valence-corrected chi connectivity index (χ4v) is 1.57. The first-order valence-electron chi connectivity index (χ1n) is 4.78. The molecule has 0 amide bonds. The highest BCUT2D eigenvalue weighted by Gasteiger charge is 2.19. The van der Waals surface area contributed by atoms with Gasteiger partial charge in [-0.3, -0.25) is 4.79 Å². The minimum Gasteiger partial charge on any atom is -0.480 e. The number of aliphatic carboxylic acids is 1. The van der Waals surface area contributed by atoms with Crippen molar-refractivity contribution in [2.45, 2.75) is 25.3 Å². The molecule has 4 N–H and O–H groups in total. The van der Waals surface area contributed by atoms with Crippen LogP contribution < -0.4 is 11.1 Å². The first-order valence-corrected chi connectivity index (χ1v) is 4.37. The van der Waals surface area contributed by atoms with Crippen molar-refractivity contribution >= 4 is 5.97 Å². The molecule has 4 nitrogen and oxygen atoms in total. The lowest BCUT2D eigenvalue weighted by Crippen LogP contribution is -2.36. The molecule has 1 saturated heterocycles. The molecule has 0 radical (unpaired) electrons. The lowest BCUT2D eigenvalue weighted by atomic mass is 9.91. The number of hydrogen-bond acceptors (Lipinski definition) is 4. The zero-order valence-electron chi connectivity index (χ0n) is 8.08.